The molecule has 0 radical (unpaired) electrons. The highest BCUT2D eigenvalue weighted by Crippen LogP contribution is 2.24. The van der Waals surface area contributed by atoms with Gasteiger partial charge in [0.05, 0.1) is 0 Å². The van der Waals surface area contributed by atoms with Gasteiger partial charge in [-0.3, -0.25) is 4.79 Å². The topological polar surface area (TPSA) is 128 Å². The Labute approximate surface area is 147 Å². The summed E-state index contributed by atoms with van der Waals surface area (Å²) >= 11 is 0. The quantitative estimate of drug-likeness (QED) is 0.576. The summed E-state index contributed by atoms with van der Waals surface area (Å²) in [4.78, 5) is 39.7. The van der Waals surface area contributed by atoms with Gasteiger partial charge < -0.3 is 30.0 Å². The molecule has 1 aromatic heterocycles. The number of para-hydroxylation sites is 1. The summed E-state index contributed by atoms with van der Waals surface area (Å²) in [5.41, 5.74) is 1.07. The van der Waals surface area contributed by atoms with E-state index < -0.39 is 21.5 Å². The smallest absolute Gasteiger partial charge is 0.368 e. The van der Waals surface area contributed by atoms with Crippen molar-refractivity contribution in [2.45, 2.75) is 6.54 Å². The first-order valence-corrected chi connectivity index (χ1v) is 7.89. The largest absolute Gasteiger partial charge is 0.462 e. The average Bonchev–Trinajstić information content (AvgIpc) is 3.06. The van der Waals surface area contributed by atoms with Crippen LogP contribution in [0.4, 0.5) is 17.3 Å². The van der Waals surface area contributed by atoms with E-state index in [0.29, 0.717) is 26.2 Å². The Morgan fingerprint density at radius 3 is 2.27 bits per heavy atom. The van der Waals surface area contributed by atoms with E-state index in [-0.39, 0.29) is 12.5 Å². The zero-order chi connectivity index (χ0) is 18.7. The highest BCUT2D eigenvalue weighted by Gasteiger charge is 2.34. The number of nitrogens with zero attached hydrogens (tertiary/aromatic N) is 6. The number of anilines is 1. The molecule has 2 aromatic rings. The number of aromatic nitrogens is 2. The highest BCUT2D eigenvalue weighted by molar-refractivity contribution is 5.77. The summed E-state index contributed by atoms with van der Waals surface area (Å²) < 4.78 is 0.907. The molecule has 1 amide bonds. The third kappa shape index (κ3) is 3.45. The van der Waals surface area contributed by atoms with Gasteiger partial charge in [0.15, 0.2) is 6.54 Å². The van der Waals surface area contributed by atoms with Gasteiger partial charge in [0.25, 0.3) is 12.2 Å². The van der Waals surface area contributed by atoms with Crippen LogP contribution in [-0.2, 0) is 11.3 Å². The average molecular weight is 360 g/mol. The van der Waals surface area contributed by atoms with Gasteiger partial charge in [-0.05, 0) is 22.0 Å². The van der Waals surface area contributed by atoms with Crippen molar-refractivity contribution in [2.75, 3.05) is 31.1 Å². The maximum atomic E-state index is 12.4. The van der Waals surface area contributed by atoms with Crippen LogP contribution >= 0.6 is 0 Å². The first-order chi connectivity index (χ1) is 12.5. The van der Waals surface area contributed by atoms with Gasteiger partial charge in [0, 0.05) is 36.9 Å². The lowest BCUT2D eigenvalue weighted by atomic mass is 10.2. The molecule has 11 nitrogen and oxygen atoms in total. The molecule has 0 unspecified atom stereocenters. The number of amides is 1. The number of carbonyl (C=O) groups excluding carboxylic acids is 1. The van der Waals surface area contributed by atoms with Crippen LogP contribution < -0.4 is 4.90 Å². The molecule has 1 aliphatic heterocycles. The molecule has 3 rings (SSSR count). The van der Waals surface area contributed by atoms with Crippen LogP contribution in [0.5, 0.6) is 0 Å². The molecule has 1 fully saturated rings. The molecule has 2 heterocycles. The summed E-state index contributed by atoms with van der Waals surface area (Å²) in [7, 11) is 0. The lowest BCUT2D eigenvalue weighted by Gasteiger charge is -2.35. The molecule has 0 N–H and O–H groups in total. The van der Waals surface area contributed by atoms with E-state index in [2.05, 4.69) is 9.88 Å². The number of hydrogen-bond donors (Lipinski definition) is 0. The summed E-state index contributed by atoms with van der Waals surface area (Å²) in [6.07, 6.45) is 0.953. The second-order valence-electron chi connectivity index (χ2n) is 5.74. The maximum absolute atomic E-state index is 12.4. The Morgan fingerprint density at radius 2 is 1.69 bits per heavy atom. The van der Waals surface area contributed by atoms with Gasteiger partial charge in [-0.15, -0.1) is 0 Å². The molecule has 1 aromatic carbocycles. The fraction of sp³-hybridized carbons (Fsp3) is 0.333. The Kier molecular flexibility index (Phi) is 4.78. The number of nitro groups is 2. The van der Waals surface area contributed by atoms with Gasteiger partial charge in [0.1, 0.15) is 0 Å². The van der Waals surface area contributed by atoms with Crippen molar-refractivity contribution in [2.24, 2.45) is 0 Å². The number of benzene rings is 1. The number of carbonyl (C=O) groups is 1. The SMILES string of the molecule is O=C(Cn1cnc([N+](=O)[O-])c1[N+](=O)[O-])N1CCN(c2ccccc2)CC1. The van der Waals surface area contributed by atoms with Crippen molar-refractivity contribution in [3.05, 3.63) is 56.9 Å². The van der Waals surface area contributed by atoms with Crippen molar-refractivity contribution < 1.29 is 14.6 Å². The molecular formula is C15H16N6O5. The maximum Gasteiger partial charge on any atom is 0.462 e. The van der Waals surface area contributed by atoms with E-state index in [1.165, 1.54) is 0 Å². The predicted molar refractivity (Wildman–Crippen MR) is 90.8 cm³/mol. The third-order valence-corrected chi connectivity index (χ3v) is 4.20. The van der Waals surface area contributed by atoms with Crippen molar-refractivity contribution in [1.29, 1.82) is 0 Å². The molecule has 0 bridgehead atoms. The van der Waals surface area contributed by atoms with E-state index in [1.54, 1.807) is 4.90 Å². The highest BCUT2D eigenvalue weighted by atomic mass is 16.6. The minimum atomic E-state index is -0.933. The fourth-order valence-electron chi connectivity index (χ4n) is 2.89. The molecule has 1 saturated heterocycles. The first kappa shape index (κ1) is 17.3. The monoisotopic (exact) mass is 360 g/mol. The van der Waals surface area contributed by atoms with Crippen LogP contribution in [-0.4, -0.2) is 56.4 Å². The molecule has 136 valence electrons. The van der Waals surface area contributed by atoms with Crippen LogP contribution in [0.1, 0.15) is 0 Å². The molecule has 0 aliphatic carbocycles. The predicted octanol–water partition coefficient (Wildman–Crippen LogP) is 1.05. The molecule has 26 heavy (non-hydrogen) atoms. The van der Waals surface area contributed by atoms with Gasteiger partial charge in [-0.1, -0.05) is 18.2 Å². The number of imidazole rings is 1. The van der Waals surface area contributed by atoms with Crippen molar-refractivity contribution in [3.8, 4) is 0 Å². The fourth-order valence-corrected chi connectivity index (χ4v) is 2.89. The minimum absolute atomic E-state index is 0.340. The van der Waals surface area contributed by atoms with Crippen LogP contribution in [0, 0.1) is 20.2 Å². The normalized spacial score (nSPS) is 14.3. The Hall–Kier alpha value is -3.50. The molecule has 0 atom stereocenters. The third-order valence-electron chi connectivity index (χ3n) is 4.20. The molecular weight excluding hydrogens is 344 g/mol. The van der Waals surface area contributed by atoms with Crippen molar-refractivity contribution in [3.63, 3.8) is 0 Å². The summed E-state index contributed by atoms with van der Waals surface area (Å²) in [5, 5.41) is 21.9. The zero-order valence-corrected chi connectivity index (χ0v) is 13.7. The summed E-state index contributed by atoms with van der Waals surface area (Å²) in [6.45, 7) is 1.86. The second kappa shape index (κ2) is 7.17. The van der Waals surface area contributed by atoms with E-state index in [0.717, 1.165) is 16.6 Å². The summed E-state index contributed by atoms with van der Waals surface area (Å²) in [6, 6.07) is 9.80. The summed E-state index contributed by atoms with van der Waals surface area (Å²) in [5.74, 6) is -1.99. The lowest BCUT2D eigenvalue weighted by molar-refractivity contribution is -0.428. The molecule has 0 spiro atoms. The van der Waals surface area contributed by atoms with E-state index in [4.69, 9.17) is 0 Å². The number of piperazine rings is 1. The van der Waals surface area contributed by atoms with Crippen molar-refractivity contribution >= 4 is 23.2 Å². The Bertz CT molecular complexity index is 828. The van der Waals surface area contributed by atoms with Crippen LogP contribution in [0.25, 0.3) is 0 Å². The van der Waals surface area contributed by atoms with Gasteiger partial charge in [0.2, 0.25) is 0 Å². The Balaban J connectivity index is 1.65. The first-order valence-electron chi connectivity index (χ1n) is 7.89. The number of rotatable bonds is 5. The van der Waals surface area contributed by atoms with Crippen LogP contribution in [0.3, 0.4) is 0 Å². The van der Waals surface area contributed by atoms with Gasteiger partial charge in [-0.2, -0.15) is 4.57 Å². The van der Waals surface area contributed by atoms with E-state index >= 15 is 0 Å². The van der Waals surface area contributed by atoms with Gasteiger partial charge >= 0.3 is 11.6 Å². The van der Waals surface area contributed by atoms with Gasteiger partial charge in [-0.25, -0.2) is 0 Å². The zero-order valence-electron chi connectivity index (χ0n) is 13.7. The second-order valence-corrected chi connectivity index (χ2v) is 5.74. The lowest BCUT2D eigenvalue weighted by Crippen LogP contribution is -2.49. The molecule has 0 saturated carbocycles. The van der Waals surface area contributed by atoms with E-state index in [9.17, 15) is 25.0 Å². The molecule has 11 heteroatoms. The Morgan fingerprint density at radius 1 is 1.04 bits per heavy atom. The number of hydrogen-bond acceptors (Lipinski definition) is 7. The van der Waals surface area contributed by atoms with Crippen molar-refractivity contribution in [1.82, 2.24) is 14.5 Å². The molecule has 1 aliphatic rings. The standard InChI is InChI=1S/C15H16N6O5/c22-13(10-19-11-16-14(20(23)24)15(19)21(25)26)18-8-6-17(7-9-18)12-4-2-1-3-5-12/h1-5,11H,6-10H2. The van der Waals surface area contributed by atoms with Crippen LogP contribution in [0.15, 0.2) is 36.7 Å². The minimum Gasteiger partial charge on any atom is -0.368 e. The van der Waals surface area contributed by atoms with Crippen LogP contribution in [0.2, 0.25) is 0 Å². The van der Waals surface area contributed by atoms with E-state index in [1.807, 2.05) is 30.3 Å².